The van der Waals surface area contributed by atoms with Crippen molar-refractivity contribution < 1.29 is 26.5 Å². The van der Waals surface area contributed by atoms with Crippen LogP contribution in [0.3, 0.4) is 0 Å². The van der Waals surface area contributed by atoms with Gasteiger partial charge in [0.2, 0.25) is 4.93 Å². The normalized spacial score (nSPS) is 34.6. The summed E-state index contributed by atoms with van der Waals surface area (Å²) >= 11 is 0. The average Bonchev–Trinajstić information content (AvgIpc) is 2.28. The van der Waals surface area contributed by atoms with Crippen LogP contribution in [0.1, 0.15) is 19.3 Å². The highest BCUT2D eigenvalue weighted by atomic mass is 32.2. The van der Waals surface area contributed by atoms with Gasteiger partial charge in [0.05, 0.1) is 0 Å². The fraction of sp³-hybridized carbons (Fsp3) is 1.00. The molecule has 0 heterocycles. The molecule has 0 aromatic carbocycles. The zero-order valence-electron chi connectivity index (χ0n) is 7.54. The standard InChI is InChI=1S/C6H12O6S2/c1-13(8,9)5-3-2-4-6(5,7)14(10,11)12/h5,7H,2-4H2,1H3,(H,10,11,12). The summed E-state index contributed by atoms with van der Waals surface area (Å²) in [5, 5.41) is 8.18. The predicted molar refractivity (Wildman–Crippen MR) is 49.0 cm³/mol. The van der Waals surface area contributed by atoms with Crippen molar-refractivity contribution in [3.05, 3.63) is 0 Å². The van der Waals surface area contributed by atoms with Gasteiger partial charge in [0.15, 0.2) is 9.84 Å². The van der Waals surface area contributed by atoms with Gasteiger partial charge >= 0.3 is 0 Å². The van der Waals surface area contributed by atoms with Crippen LogP contribution in [0.15, 0.2) is 0 Å². The SMILES string of the molecule is CS(=O)(=O)C1CCCC1(O)S(=O)(=O)O. The molecule has 0 bridgehead atoms. The first-order valence-electron chi connectivity index (χ1n) is 3.97. The molecule has 0 aliphatic heterocycles. The second-order valence-corrected chi connectivity index (χ2v) is 7.42. The van der Waals surface area contributed by atoms with E-state index in [1.807, 2.05) is 0 Å². The van der Waals surface area contributed by atoms with Gasteiger partial charge in [-0.25, -0.2) is 8.42 Å². The Labute approximate surface area is 82.6 Å². The average molecular weight is 244 g/mol. The summed E-state index contributed by atoms with van der Waals surface area (Å²) in [4.78, 5) is -2.53. The molecule has 1 saturated carbocycles. The van der Waals surface area contributed by atoms with Crippen LogP contribution in [0.5, 0.6) is 0 Å². The third kappa shape index (κ3) is 1.79. The minimum atomic E-state index is -4.76. The van der Waals surface area contributed by atoms with E-state index >= 15 is 0 Å². The molecule has 1 aliphatic carbocycles. The number of rotatable bonds is 2. The Morgan fingerprint density at radius 1 is 1.29 bits per heavy atom. The monoisotopic (exact) mass is 244 g/mol. The second-order valence-electron chi connectivity index (χ2n) is 3.53. The van der Waals surface area contributed by atoms with Crippen LogP contribution < -0.4 is 0 Å². The number of sulfone groups is 1. The second kappa shape index (κ2) is 3.16. The molecule has 84 valence electrons. The van der Waals surface area contributed by atoms with Crippen LogP contribution in [0.4, 0.5) is 0 Å². The minimum Gasteiger partial charge on any atom is -0.371 e. The summed E-state index contributed by atoms with van der Waals surface area (Å²) in [5.74, 6) is 0. The maximum absolute atomic E-state index is 11.2. The van der Waals surface area contributed by atoms with E-state index in [0.29, 0.717) is 0 Å². The van der Waals surface area contributed by atoms with E-state index in [-0.39, 0.29) is 19.3 Å². The summed E-state index contributed by atoms with van der Waals surface area (Å²) in [6.07, 6.45) is 0.909. The van der Waals surface area contributed by atoms with Gasteiger partial charge in [0, 0.05) is 6.26 Å². The maximum Gasteiger partial charge on any atom is 0.296 e. The topological polar surface area (TPSA) is 109 Å². The van der Waals surface area contributed by atoms with Crippen LogP contribution >= 0.6 is 0 Å². The zero-order valence-corrected chi connectivity index (χ0v) is 9.18. The summed E-state index contributed by atoms with van der Waals surface area (Å²) < 4.78 is 52.8. The summed E-state index contributed by atoms with van der Waals surface area (Å²) in [6, 6.07) is 0. The lowest BCUT2D eigenvalue weighted by molar-refractivity contribution is 0.123. The Morgan fingerprint density at radius 3 is 2.07 bits per heavy atom. The van der Waals surface area contributed by atoms with Crippen molar-refractivity contribution in [3.63, 3.8) is 0 Å². The van der Waals surface area contributed by atoms with Gasteiger partial charge in [-0.05, 0) is 19.3 Å². The quantitative estimate of drug-likeness (QED) is 0.613. The third-order valence-corrected chi connectivity index (χ3v) is 5.66. The highest BCUT2D eigenvalue weighted by Crippen LogP contribution is 2.38. The number of hydrogen-bond acceptors (Lipinski definition) is 5. The first kappa shape index (κ1) is 11.9. The molecule has 1 fully saturated rings. The van der Waals surface area contributed by atoms with Crippen molar-refractivity contribution in [3.8, 4) is 0 Å². The van der Waals surface area contributed by atoms with E-state index in [4.69, 9.17) is 4.55 Å². The van der Waals surface area contributed by atoms with Crippen LogP contribution in [0.2, 0.25) is 0 Å². The summed E-state index contributed by atoms with van der Waals surface area (Å²) in [7, 11) is -8.44. The van der Waals surface area contributed by atoms with Crippen molar-refractivity contribution in [2.75, 3.05) is 6.26 Å². The van der Waals surface area contributed by atoms with Crippen LogP contribution in [0.25, 0.3) is 0 Å². The van der Waals surface area contributed by atoms with E-state index in [1.54, 1.807) is 0 Å². The molecule has 6 nitrogen and oxygen atoms in total. The predicted octanol–water partition coefficient (Wildman–Crippen LogP) is -0.840. The molecule has 1 aliphatic rings. The van der Waals surface area contributed by atoms with Crippen molar-refractivity contribution in [1.82, 2.24) is 0 Å². The van der Waals surface area contributed by atoms with E-state index < -0.39 is 30.1 Å². The van der Waals surface area contributed by atoms with Crippen molar-refractivity contribution >= 4 is 20.0 Å². The Balaban J connectivity index is 3.25. The molecule has 8 heteroatoms. The molecule has 2 atom stereocenters. The van der Waals surface area contributed by atoms with Crippen molar-refractivity contribution in [2.24, 2.45) is 0 Å². The Bertz CT molecular complexity index is 421. The Hall–Kier alpha value is -0.180. The molecule has 0 aromatic rings. The summed E-state index contributed by atoms with van der Waals surface area (Å²) in [5.41, 5.74) is 0. The van der Waals surface area contributed by atoms with E-state index in [1.165, 1.54) is 0 Å². The molecular formula is C6H12O6S2. The lowest BCUT2D eigenvalue weighted by Crippen LogP contribution is -2.48. The molecule has 0 saturated heterocycles. The van der Waals surface area contributed by atoms with Gasteiger partial charge in [-0.1, -0.05) is 0 Å². The molecule has 2 N–H and O–H groups in total. The lowest BCUT2D eigenvalue weighted by atomic mass is 10.3. The van der Waals surface area contributed by atoms with Gasteiger partial charge in [0.1, 0.15) is 5.25 Å². The van der Waals surface area contributed by atoms with Gasteiger partial charge in [0.25, 0.3) is 10.1 Å². The van der Waals surface area contributed by atoms with Gasteiger partial charge in [-0.3, -0.25) is 4.55 Å². The minimum absolute atomic E-state index is 0.0507. The Kier molecular flexibility index (Phi) is 2.68. The van der Waals surface area contributed by atoms with Crippen LogP contribution in [-0.4, -0.2) is 42.9 Å². The largest absolute Gasteiger partial charge is 0.371 e. The van der Waals surface area contributed by atoms with Crippen molar-refractivity contribution in [1.29, 1.82) is 0 Å². The van der Waals surface area contributed by atoms with Gasteiger partial charge in [-0.15, -0.1) is 0 Å². The highest BCUT2D eigenvalue weighted by Gasteiger charge is 2.55. The third-order valence-electron chi connectivity index (χ3n) is 2.47. The summed E-state index contributed by atoms with van der Waals surface area (Å²) in [6.45, 7) is 0. The zero-order chi connectivity index (χ0) is 11.2. The molecular weight excluding hydrogens is 232 g/mol. The fourth-order valence-electron chi connectivity index (χ4n) is 1.77. The highest BCUT2D eigenvalue weighted by molar-refractivity contribution is 7.93. The van der Waals surface area contributed by atoms with Gasteiger partial charge in [-0.2, -0.15) is 8.42 Å². The lowest BCUT2D eigenvalue weighted by Gasteiger charge is -2.24. The van der Waals surface area contributed by atoms with Crippen LogP contribution in [-0.2, 0) is 20.0 Å². The molecule has 0 radical (unpaired) electrons. The number of aliphatic hydroxyl groups is 1. The van der Waals surface area contributed by atoms with E-state index in [2.05, 4.69) is 0 Å². The molecule has 0 spiro atoms. The maximum atomic E-state index is 11.2. The van der Waals surface area contributed by atoms with Gasteiger partial charge < -0.3 is 5.11 Å². The molecule has 2 unspecified atom stereocenters. The smallest absolute Gasteiger partial charge is 0.296 e. The molecule has 1 rings (SSSR count). The Morgan fingerprint density at radius 2 is 1.79 bits per heavy atom. The molecule has 0 aromatic heterocycles. The molecule has 14 heavy (non-hydrogen) atoms. The van der Waals surface area contributed by atoms with E-state index in [0.717, 1.165) is 6.26 Å². The van der Waals surface area contributed by atoms with Crippen LogP contribution in [0, 0.1) is 0 Å². The first-order chi connectivity index (χ1) is 6.09. The first-order valence-corrected chi connectivity index (χ1v) is 7.37. The fourth-order valence-corrected chi connectivity index (χ4v) is 4.89. The van der Waals surface area contributed by atoms with Crippen molar-refractivity contribution in [2.45, 2.75) is 29.4 Å². The molecule has 0 amide bonds. The number of hydrogen-bond donors (Lipinski definition) is 2. The van der Waals surface area contributed by atoms with E-state index in [9.17, 15) is 21.9 Å².